The van der Waals surface area contributed by atoms with Gasteiger partial charge in [-0.25, -0.2) is 0 Å². The van der Waals surface area contributed by atoms with Gasteiger partial charge in [0, 0.05) is 23.9 Å². The summed E-state index contributed by atoms with van der Waals surface area (Å²) in [6.45, 7) is 8.37. The molecule has 2 aromatic carbocycles. The monoisotopic (exact) mass is 352 g/mol. The van der Waals surface area contributed by atoms with Crippen molar-refractivity contribution in [3.63, 3.8) is 0 Å². The predicted octanol–water partition coefficient (Wildman–Crippen LogP) is 5.49. The van der Waals surface area contributed by atoms with Crippen molar-refractivity contribution in [1.29, 1.82) is 0 Å². The van der Waals surface area contributed by atoms with E-state index in [9.17, 15) is 14.9 Å². The molecule has 0 bridgehead atoms. The number of anilines is 1. The van der Waals surface area contributed by atoms with E-state index in [1.54, 1.807) is 18.2 Å². The van der Waals surface area contributed by atoms with E-state index in [1.807, 2.05) is 18.2 Å². The number of hydrogen-bond donors (Lipinski definition) is 1. The van der Waals surface area contributed by atoms with Gasteiger partial charge in [0.15, 0.2) is 0 Å². The lowest BCUT2D eigenvalue weighted by Gasteiger charge is -2.19. The average Bonchev–Trinajstić information content (AvgIpc) is 2.60. The summed E-state index contributed by atoms with van der Waals surface area (Å²) in [5.74, 6) is 0.306. The Morgan fingerprint density at radius 1 is 1.04 bits per heavy atom. The molecule has 0 aliphatic rings. The van der Waals surface area contributed by atoms with Crippen molar-refractivity contribution in [1.82, 2.24) is 0 Å². The number of nitro groups is 1. The molecule has 26 heavy (non-hydrogen) atoms. The SMILES string of the molecule is CC(C)c1cccc(C(C)C)c1NC(=O)C=Cc1cccc([N+](=O)[O-])c1. The third kappa shape index (κ3) is 4.79. The molecule has 0 saturated heterocycles. The van der Waals surface area contributed by atoms with E-state index in [2.05, 4.69) is 33.0 Å². The van der Waals surface area contributed by atoms with Crippen LogP contribution in [0.1, 0.15) is 56.2 Å². The van der Waals surface area contributed by atoms with Crippen LogP contribution in [0.5, 0.6) is 0 Å². The fourth-order valence-electron chi connectivity index (χ4n) is 2.77. The van der Waals surface area contributed by atoms with Crippen molar-refractivity contribution in [2.24, 2.45) is 0 Å². The topological polar surface area (TPSA) is 72.2 Å². The molecule has 0 spiro atoms. The van der Waals surface area contributed by atoms with Crippen LogP contribution in [-0.2, 0) is 4.79 Å². The molecule has 0 radical (unpaired) electrons. The Balaban J connectivity index is 2.25. The quantitative estimate of drug-likeness (QED) is 0.424. The van der Waals surface area contributed by atoms with E-state index in [-0.39, 0.29) is 23.4 Å². The lowest BCUT2D eigenvalue weighted by Crippen LogP contribution is -2.13. The third-order valence-electron chi connectivity index (χ3n) is 4.13. The Kier molecular flexibility index (Phi) is 6.28. The number of carbonyl (C=O) groups excluding carboxylic acids is 1. The van der Waals surface area contributed by atoms with Gasteiger partial charge in [0.05, 0.1) is 4.92 Å². The Morgan fingerprint density at radius 2 is 1.62 bits per heavy atom. The maximum Gasteiger partial charge on any atom is 0.270 e. The third-order valence-corrected chi connectivity index (χ3v) is 4.13. The van der Waals surface area contributed by atoms with Crippen LogP contribution in [0.3, 0.4) is 0 Å². The number of para-hydroxylation sites is 1. The summed E-state index contributed by atoms with van der Waals surface area (Å²) < 4.78 is 0. The minimum Gasteiger partial charge on any atom is -0.322 e. The summed E-state index contributed by atoms with van der Waals surface area (Å²) in [6.07, 6.45) is 2.98. The number of nitrogens with zero attached hydrogens (tertiary/aromatic N) is 1. The number of carbonyl (C=O) groups is 1. The van der Waals surface area contributed by atoms with Gasteiger partial charge in [0.1, 0.15) is 0 Å². The number of nitrogens with one attached hydrogen (secondary N) is 1. The first kappa shape index (κ1) is 19.4. The van der Waals surface area contributed by atoms with Crippen LogP contribution in [0.2, 0.25) is 0 Å². The minimum absolute atomic E-state index is 0.000180. The van der Waals surface area contributed by atoms with Crippen LogP contribution in [0.25, 0.3) is 6.08 Å². The second-order valence-electron chi connectivity index (χ2n) is 6.80. The summed E-state index contributed by atoms with van der Waals surface area (Å²) in [7, 11) is 0. The van der Waals surface area contributed by atoms with Gasteiger partial charge in [-0.3, -0.25) is 14.9 Å². The molecule has 1 N–H and O–H groups in total. The molecule has 0 heterocycles. The highest BCUT2D eigenvalue weighted by Crippen LogP contribution is 2.32. The number of non-ortho nitro benzene ring substituents is 1. The maximum absolute atomic E-state index is 12.4. The average molecular weight is 352 g/mol. The van der Waals surface area contributed by atoms with Gasteiger partial charge in [0.2, 0.25) is 5.91 Å². The van der Waals surface area contributed by atoms with Gasteiger partial charge < -0.3 is 5.32 Å². The number of benzene rings is 2. The molecule has 1 amide bonds. The van der Waals surface area contributed by atoms with Crippen LogP contribution in [-0.4, -0.2) is 10.8 Å². The normalized spacial score (nSPS) is 11.3. The summed E-state index contributed by atoms with van der Waals surface area (Å²) in [5, 5.41) is 13.8. The van der Waals surface area contributed by atoms with Crippen molar-refractivity contribution in [3.05, 3.63) is 75.3 Å². The molecule has 2 aromatic rings. The van der Waals surface area contributed by atoms with E-state index in [0.29, 0.717) is 5.56 Å². The minimum atomic E-state index is -0.453. The van der Waals surface area contributed by atoms with Gasteiger partial charge in [0.25, 0.3) is 5.69 Å². The van der Waals surface area contributed by atoms with Crippen molar-refractivity contribution in [3.8, 4) is 0 Å². The molecule has 136 valence electrons. The van der Waals surface area contributed by atoms with Crippen molar-refractivity contribution >= 4 is 23.4 Å². The van der Waals surface area contributed by atoms with Crippen LogP contribution in [0.15, 0.2) is 48.5 Å². The highest BCUT2D eigenvalue weighted by Gasteiger charge is 2.15. The summed E-state index contributed by atoms with van der Waals surface area (Å²) >= 11 is 0. The molecule has 5 nitrogen and oxygen atoms in total. The number of amides is 1. The Morgan fingerprint density at radius 3 is 2.15 bits per heavy atom. The van der Waals surface area contributed by atoms with Gasteiger partial charge in [-0.05, 0) is 34.6 Å². The second-order valence-corrected chi connectivity index (χ2v) is 6.80. The summed E-state index contributed by atoms with van der Waals surface area (Å²) in [6, 6.07) is 12.2. The van der Waals surface area contributed by atoms with Crippen molar-refractivity contribution < 1.29 is 9.72 Å². The molecule has 0 aromatic heterocycles. The lowest BCUT2D eigenvalue weighted by atomic mass is 9.92. The first-order valence-corrected chi connectivity index (χ1v) is 8.66. The molecule has 0 unspecified atom stereocenters. The smallest absolute Gasteiger partial charge is 0.270 e. The zero-order valence-electron chi connectivity index (χ0n) is 15.5. The zero-order valence-corrected chi connectivity index (χ0v) is 15.5. The van der Waals surface area contributed by atoms with Gasteiger partial charge >= 0.3 is 0 Å². The van der Waals surface area contributed by atoms with Gasteiger partial charge in [-0.15, -0.1) is 0 Å². The van der Waals surface area contributed by atoms with Crippen LogP contribution >= 0.6 is 0 Å². The molecule has 5 heteroatoms. The molecule has 0 aliphatic carbocycles. The maximum atomic E-state index is 12.4. The first-order chi connectivity index (χ1) is 12.3. The molecule has 0 fully saturated rings. The second kappa shape index (κ2) is 8.43. The number of rotatable bonds is 6. The van der Waals surface area contributed by atoms with Crippen molar-refractivity contribution in [2.75, 3.05) is 5.32 Å². The molecular weight excluding hydrogens is 328 g/mol. The van der Waals surface area contributed by atoms with E-state index in [4.69, 9.17) is 0 Å². The van der Waals surface area contributed by atoms with Crippen LogP contribution in [0, 0.1) is 10.1 Å². The van der Waals surface area contributed by atoms with Crippen LogP contribution < -0.4 is 5.32 Å². The van der Waals surface area contributed by atoms with Crippen molar-refractivity contribution in [2.45, 2.75) is 39.5 Å². The summed E-state index contributed by atoms with van der Waals surface area (Å²) in [5.41, 5.74) is 3.64. The van der Waals surface area contributed by atoms with E-state index < -0.39 is 4.92 Å². The Bertz CT molecular complexity index is 813. The first-order valence-electron chi connectivity index (χ1n) is 8.66. The van der Waals surface area contributed by atoms with E-state index >= 15 is 0 Å². The number of hydrogen-bond acceptors (Lipinski definition) is 3. The molecule has 0 saturated carbocycles. The molecule has 0 aliphatic heterocycles. The largest absolute Gasteiger partial charge is 0.322 e. The Hall–Kier alpha value is -2.95. The molecule has 0 atom stereocenters. The fraction of sp³-hybridized carbons (Fsp3) is 0.286. The fourth-order valence-corrected chi connectivity index (χ4v) is 2.77. The van der Waals surface area contributed by atoms with Gasteiger partial charge in [-0.1, -0.05) is 58.0 Å². The highest BCUT2D eigenvalue weighted by molar-refractivity contribution is 6.03. The van der Waals surface area contributed by atoms with Gasteiger partial charge in [-0.2, -0.15) is 0 Å². The zero-order chi connectivity index (χ0) is 19.3. The van der Waals surface area contributed by atoms with E-state index in [0.717, 1.165) is 16.8 Å². The molecular formula is C21H24N2O3. The highest BCUT2D eigenvalue weighted by atomic mass is 16.6. The number of nitro benzene ring substituents is 1. The van der Waals surface area contributed by atoms with Crippen LogP contribution in [0.4, 0.5) is 11.4 Å². The standard InChI is InChI=1S/C21H24N2O3/c1-14(2)18-9-6-10-19(15(3)4)21(18)22-20(24)12-11-16-7-5-8-17(13-16)23(25)26/h5-15H,1-4H3,(H,22,24). The predicted molar refractivity (Wildman–Crippen MR) is 105 cm³/mol. The lowest BCUT2D eigenvalue weighted by molar-refractivity contribution is -0.384. The summed E-state index contributed by atoms with van der Waals surface area (Å²) in [4.78, 5) is 22.8. The molecule has 2 rings (SSSR count). The van der Waals surface area contributed by atoms with E-state index in [1.165, 1.54) is 18.2 Å². The Labute approximate surface area is 153 Å².